The van der Waals surface area contributed by atoms with E-state index >= 15 is 0 Å². The normalized spacial score (nSPS) is 19.4. The highest BCUT2D eigenvalue weighted by atomic mass is 16.2. The molecule has 1 aromatic heterocycles. The van der Waals surface area contributed by atoms with E-state index in [0.717, 1.165) is 24.1 Å². The predicted octanol–water partition coefficient (Wildman–Crippen LogP) is 3.72. The Morgan fingerprint density at radius 3 is 1.97 bits per heavy atom. The van der Waals surface area contributed by atoms with Crippen molar-refractivity contribution in [3.8, 4) is 0 Å². The number of fused-ring (bicyclic) bond motifs is 1. The molecule has 5 nitrogen and oxygen atoms in total. The molecule has 0 atom stereocenters. The maximum Gasteiger partial charge on any atom is 0.230 e. The van der Waals surface area contributed by atoms with Crippen molar-refractivity contribution in [2.24, 2.45) is 17.4 Å². The van der Waals surface area contributed by atoms with Gasteiger partial charge in [-0.1, -0.05) is 58.0 Å². The third-order valence-electron chi connectivity index (χ3n) is 7.38. The fourth-order valence-corrected chi connectivity index (χ4v) is 5.08. The van der Waals surface area contributed by atoms with Crippen molar-refractivity contribution in [2.75, 3.05) is 0 Å². The maximum atomic E-state index is 11.5. The standard InChI is InChI=1S/C27H33N3O2/c1-16-12-20-21(26(4,5)9-8-25(20,2)3)14-19(16)27(10-11-27)22-7-6-17(15-30-22)13-18(23(28)31)24(29)32/h6-9,12,14-15,18H,10-11,13H2,1-5H3,(H2,28,31)(H2,29,32). The number of pyridine rings is 1. The number of aromatic nitrogens is 1. The number of allylic oxidation sites excluding steroid dienone is 2. The predicted molar refractivity (Wildman–Crippen MR) is 126 cm³/mol. The molecule has 1 aromatic carbocycles. The minimum Gasteiger partial charge on any atom is -0.369 e. The van der Waals surface area contributed by atoms with Crippen LogP contribution < -0.4 is 11.5 Å². The van der Waals surface area contributed by atoms with Crippen LogP contribution in [0.5, 0.6) is 0 Å². The zero-order valence-corrected chi connectivity index (χ0v) is 19.7. The maximum absolute atomic E-state index is 11.5. The van der Waals surface area contributed by atoms with Gasteiger partial charge in [0.05, 0.1) is 5.69 Å². The summed E-state index contributed by atoms with van der Waals surface area (Å²) in [5.41, 5.74) is 17.8. The Kier molecular flexibility index (Phi) is 5.07. The molecule has 2 aliphatic carbocycles. The van der Waals surface area contributed by atoms with E-state index < -0.39 is 17.7 Å². The highest BCUT2D eigenvalue weighted by molar-refractivity contribution is 5.99. The van der Waals surface area contributed by atoms with Crippen LogP contribution in [0.15, 0.2) is 42.6 Å². The van der Waals surface area contributed by atoms with Crippen molar-refractivity contribution in [1.29, 1.82) is 0 Å². The molecular weight excluding hydrogens is 398 g/mol. The fourth-order valence-electron chi connectivity index (χ4n) is 5.08. The summed E-state index contributed by atoms with van der Waals surface area (Å²) in [6.07, 6.45) is 8.70. The molecule has 1 heterocycles. The van der Waals surface area contributed by atoms with Crippen LogP contribution in [0.2, 0.25) is 0 Å². The lowest BCUT2D eigenvalue weighted by Crippen LogP contribution is -2.36. The van der Waals surface area contributed by atoms with Crippen molar-refractivity contribution >= 4 is 11.8 Å². The Labute approximate surface area is 190 Å². The smallest absolute Gasteiger partial charge is 0.230 e. The van der Waals surface area contributed by atoms with Gasteiger partial charge in [0, 0.05) is 22.4 Å². The van der Waals surface area contributed by atoms with Gasteiger partial charge in [0.25, 0.3) is 0 Å². The van der Waals surface area contributed by atoms with Crippen molar-refractivity contribution < 1.29 is 9.59 Å². The summed E-state index contributed by atoms with van der Waals surface area (Å²) in [5.74, 6) is -2.42. The molecule has 0 saturated heterocycles. The lowest BCUT2D eigenvalue weighted by molar-refractivity contribution is -0.131. The van der Waals surface area contributed by atoms with Crippen LogP contribution in [0.25, 0.3) is 0 Å². The van der Waals surface area contributed by atoms with Gasteiger partial charge >= 0.3 is 0 Å². The highest BCUT2D eigenvalue weighted by Crippen LogP contribution is 2.55. The zero-order chi connectivity index (χ0) is 23.5. The molecule has 1 saturated carbocycles. The first kappa shape index (κ1) is 22.3. The largest absolute Gasteiger partial charge is 0.369 e. The lowest BCUT2D eigenvalue weighted by atomic mass is 9.66. The minimum atomic E-state index is -1.01. The monoisotopic (exact) mass is 431 g/mol. The van der Waals surface area contributed by atoms with Gasteiger partial charge in [-0.25, -0.2) is 0 Å². The van der Waals surface area contributed by atoms with Crippen LogP contribution in [0, 0.1) is 12.8 Å². The average Bonchev–Trinajstić information content (AvgIpc) is 3.51. The van der Waals surface area contributed by atoms with E-state index in [0.29, 0.717) is 0 Å². The minimum absolute atomic E-state index is 0.0147. The van der Waals surface area contributed by atoms with Crippen molar-refractivity contribution in [1.82, 2.24) is 4.98 Å². The number of hydrogen-bond acceptors (Lipinski definition) is 3. The fraction of sp³-hybridized carbons (Fsp3) is 0.444. The molecule has 2 aromatic rings. The first-order chi connectivity index (χ1) is 14.9. The molecule has 0 radical (unpaired) electrons. The van der Waals surface area contributed by atoms with E-state index in [1.165, 1.54) is 22.3 Å². The van der Waals surface area contributed by atoms with E-state index in [-0.39, 0.29) is 22.7 Å². The molecule has 1 fully saturated rings. The van der Waals surface area contributed by atoms with E-state index in [4.69, 9.17) is 16.5 Å². The topological polar surface area (TPSA) is 99.1 Å². The summed E-state index contributed by atoms with van der Waals surface area (Å²) in [6.45, 7) is 11.3. The SMILES string of the molecule is Cc1cc2c(cc1C1(c3ccc(CC(C(N)=O)C(N)=O)cn3)CC1)C(C)(C)C=CC2(C)C. The van der Waals surface area contributed by atoms with E-state index in [1.807, 2.05) is 12.1 Å². The second kappa shape index (κ2) is 7.29. The van der Waals surface area contributed by atoms with Gasteiger partial charge in [0.1, 0.15) is 5.92 Å². The van der Waals surface area contributed by atoms with Crippen LogP contribution in [-0.2, 0) is 32.3 Å². The molecule has 32 heavy (non-hydrogen) atoms. The number of nitrogens with zero attached hydrogens (tertiary/aromatic N) is 1. The molecule has 4 rings (SSSR count). The number of hydrogen-bond donors (Lipinski definition) is 2. The average molecular weight is 432 g/mol. The third kappa shape index (κ3) is 3.64. The van der Waals surface area contributed by atoms with Gasteiger partial charge in [0.2, 0.25) is 11.8 Å². The number of carbonyl (C=O) groups is 2. The Morgan fingerprint density at radius 1 is 0.938 bits per heavy atom. The van der Waals surface area contributed by atoms with Gasteiger partial charge in [-0.15, -0.1) is 0 Å². The molecular formula is C27H33N3O2. The first-order valence-corrected chi connectivity index (χ1v) is 11.3. The summed E-state index contributed by atoms with van der Waals surface area (Å²) in [6, 6.07) is 8.74. The highest BCUT2D eigenvalue weighted by Gasteiger charge is 2.49. The Balaban J connectivity index is 1.70. The Bertz CT molecular complexity index is 1110. The molecule has 4 N–H and O–H groups in total. The van der Waals surface area contributed by atoms with Crippen LogP contribution in [0.1, 0.15) is 74.0 Å². The van der Waals surface area contributed by atoms with Gasteiger partial charge in [-0.2, -0.15) is 0 Å². The van der Waals surface area contributed by atoms with Crippen LogP contribution in [-0.4, -0.2) is 16.8 Å². The lowest BCUT2D eigenvalue weighted by Gasteiger charge is -2.38. The summed E-state index contributed by atoms with van der Waals surface area (Å²) in [5, 5.41) is 0. The van der Waals surface area contributed by atoms with Gasteiger partial charge in [-0.3, -0.25) is 14.6 Å². The molecule has 2 amide bonds. The van der Waals surface area contributed by atoms with Gasteiger partial charge in [0.15, 0.2) is 0 Å². The molecule has 0 spiro atoms. The molecule has 0 aliphatic heterocycles. The summed E-state index contributed by atoms with van der Waals surface area (Å²) in [7, 11) is 0. The van der Waals surface area contributed by atoms with Crippen molar-refractivity contribution in [3.63, 3.8) is 0 Å². The molecule has 0 bridgehead atoms. The number of nitrogens with two attached hydrogens (primary N) is 2. The van der Waals surface area contributed by atoms with Crippen LogP contribution in [0.3, 0.4) is 0 Å². The van der Waals surface area contributed by atoms with Gasteiger partial charge in [-0.05, 0) is 60.1 Å². The number of rotatable bonds is 6. The van der Waals surface area contributed by atoms with Crippen LogP contribution in [0.4, 0.5) is 0 Å². The molecule has 2 aliphatic rings. The molecule has 0 unspecified atom stereocenters. The molecule has 168 valence electrons. The molecule has 5 heteroatoms. The summed E-state index contributed by atoms with van der Waals surface area (Å²) < 4.78 is 0. The second-order valence-electron chi connectivity index (χ2n) is 10.7. The summed E-state index contributed by atoms with van der Waals surface area (Å²) in [4.78, 5) is 27.8. The zero-order valence-electron chi connectivity index (χ0n) is 19.7. The van der Waals surface area contributed by atoms with E-state index in [9.17, 15) is 9.59 Å². The number of benzene rings is 1. The number of carbonyl (C=O) groups excluding carboxylic acids is 2. The van der Waals surface area contributed by atoms with Gasteiger partial charge < -0.3 is 11.5 Å². The van der Waals surface area contributed by atoms with Crippen molar-refractivity contribution in [2.45, 2.75) is 70.1 Å². The van der Waals surface area contributed by atoms with Crippen molar-refractivity contribution in [3.05, 3.63) is 76.1 Å². The Hall–Kier alpha value is -2.95. The van der Waals surface area contributed by atoms with E-state index in [2.05, 4.69) is 58.9 Å². The quantitative estimate of drug-likeness (QED) is 0.538. The van der Waals surface area contributed by atoms with E-state index in [1.54, 1.807) is 6.20 Å². The first-order valence-electron chi connectivity index (χ1n) is 11.3. The second-order valence-corrected chi connectivity index (χ2v) is 10.7. The Morgan fingerprint density at radius 2 is 1.50 bits per heavy atom. The van der Waals surface area contributed by atoms with Crippen LogP contribution >= 0.6 is 0 Å². The number of primary amides is 2. The number of aryl methyl sites for hydroxylation is 1. The number of amides is 2. The third-order valence-corrected chi connectivity index (χ3v) is 7.38. The summed E-state index contributed by atoms with van der Waals surface area (Å²) >= 11 is 0.